The van der Waals surface area contributed by atoms with Gasteiger partial charge in [-0.1, -0.05) is 41.9 Å². The van der Waals surface area contributed by atoms with Gasteiger partial charge in [0.05, 0.1) is 16.6 Å². The Kier molecular flexibility index (Phi) is 4.48. The van der Waals surface area contributed by atoms with Crippen LogP contribution in [0.25, 0.3) is 28.7 Å². The van der Waals surface area contributed by atoms with Crippen LogP contribution in [0.3, 0.4) is 0 Å². The molecular formula is C22H15ClN2O2. The van der Waals surface area contributed by atoms with Crippen molar-refractivity contribution in [2.45, 2.75) is 0 Å². The minimum atomic E-state index is -0.176. The SMILES string of the molecule is O=c1c2ccccc2nc(C=Cc2ccccc2Cl)n1-c1ccc(O)cc1. The second kappa shape index (κ2) is 7.09. The van der Waals surface area contributed by atoms with Crippen LogP contribution in [0, 0.1) is 0 Å². The van der Waals surface area contributed by atoms with E-state index in [4.69, 9.17) is 11.6 Å². The summed E-state index contributed by atoms with van der Waals surface area (Å²) in [6.07, 6.45) is 3.59. The number of aromatic hydroxyl groups is 1. The Hall–Kier alpha value is -3.37. The van der Waals surface area contributed by atoms with Gasteiger partial charge in [0.25, 0.3) is 5.56 Å². The summed E-state index contributed by atoms with van der Waals surface area (Å²) in [4.78, 5) is 17.8. The lowest BCUT2D eigenvalue weighted by atomic mass is 10.2. The van der Waals surface area contributed by atoms with Gasteiger partial charge in [0, 0.05) is 5.02 Å². The fourth-order valence-corrected chi connectivity index (χ4v) is 3.09. The van der Waals surface area contributed by atoms with Crippen molar-refractivity contribution in [2.75, 3.05) is 0 Å². The molecule has 0 saturated heterocycles. The van der Waals surface area contributed by atoms with Gasteiger partial charge >= 0.3 is 0 Å². The van der Waals surface area contributed by atoms with Gasteiger partial charge in [0.2, 0.25) is 0 Å². The van der Waals surface area contributed by atoms with E-state index >= 15 is 0 Å². The van der Waals surface area contributed by atoms with Crippen LogP contribution in [-0.2, 0) is 0 Å². The predicted octanol–water partition coefficient (Wildman–Crippen LogP) is 4.92. The zero-order chi connectivity index (χ0) is 18.8. The molecule has 0 radical (unpaired) electrons. The highest BCUT2D eigenvalue weighted by molar-refractivity contribution is 6.32. The van der Waals surface area contributed by atoms with Gasteiger partial charge in [-0.15, -0.1) is 0 Å². The number of benzene rings is 3. The van der Waals surface area contributed by atoms with Gasteiger partial charge in [0.15, 0.2) is 0 Å². The average Bonchev–Trinajstić information content (AvgIpc) is 2.69. The van der Waals surface area contributed by atoms with Crippen molar-refractivity contribution in [3.63, 3.8) is 0 Å². The number of hydrogen-bond donors (Lipinski definition) is 1. The van der Waals surface area contributed by atoms with Crippen molar-refractivity contribution in [1.29, 1.82) is 0 Å². The molecule has 0 saturated carbocycles. The van der Waals surface area contributed by atoms with Crippen molar-refractivity contribution in [2.24, 2.45) is 0 Å². The third-order valence-electron chi connectivity index (χ3n) is 4.23. The second-order valence-corrected chi connectivity index (χ2v) is 6.41. The zero-order valence-electron chi connectivity index (χ0n) is 14.2. The van der Waals surface area contributed by atoms with Crippen LogP contribution < -0.4 is 5.56 Å². The minimum absolute atomic E-state index is 0.133. The normalized spacial score (nSPS) is 11.3. The summed E-state index contributed by atoms with van der Waals surface area (Å²) in [7, 11) is 0. The monoisotopic (exact) mass is 374 g/mol. The first-order valence-corrected chi connectivity index (χ1v) is 8.75. The van der Waals surface area contributed by atoms with Gasteiger partial charge in [-0.05, 0) is 60.2 Å². The lowest BCUT2D eigenvalue weighted by Gasteiger charge is -2.11. The third-order valence-corrected chi connectivity index (χ3v) is 4.57. The van der Waals surface area contributed by atoms with E-state index in [1.54, 1.807) is 36.4 Å². The van der Waals surface area contributed by atoms with Crippen molar-refractivity contribution in [1.82, 2.24) is 9.55 Å². The predicted molar refractivity (Wildman–Crippen MR) is 109 cm³/mol. The summed E-state index contributed by atoms with van der Waals surface area (Å²) in [5.41, 5.74) is 1.90. The number of para-hydroxylation sites is 1. The molecule has 1 aromatic heterocycles. The number of phenolic OH excluding ortho intramolecular Hbond substituents is 1. The largest absolute Gasteiger partial charge is 0.508 e. The van der Waals surface area contributed by atoms with Gasteiger partial charge in [-0.25, -0.2) is 4.98 Å². The molecule has 0 atom stereocenters. The number of aromatic nitrogens is 2. The molecule has 0 aliphatic rings. The van der Waals surface area contributed by atoms with Crippen molar-refractivity contribution in [3.8, 4) is 11.4 Å². The van der Waals surface area contributed by atoms with E-state index in [2.05, 4.69) is 4.98 Å². The smallest absolute Gasteiger partial charge is 0.266 e. The Labute approximate surface area is 160 Å². The van der Waals surface area contributed by atoms with E-state index in [0.717, 1.165) is 5.56 Å². The molecule has 0 aliphatic heterocycles. The quantitative estimate of drug-likeness (QED) is 0.554. The highest BCUT2D eigenvalue weighted by atomic mass is 35.5. The van der Waals surface area contributed by atoms with Crippen LogP contribution in [0.2, 0.25) is 5.02 Å². The van der Waals surface area contributed by atoms with Gasteiger partial charge in [0.1, 0.15) is 11.6 Å². The van der Waals surface area contributed by atoms with Crippen LogP contribution in [0.5, 0.6) is 5.75 Å². The number of nitrogens with zero attached hydrogens (tertiary/aromatic N) is 2. The first-order chi connectivity index (χ1) is 13.1. The fourth-order valence-electron chi connectivity index (χ4n) is 2.89. The highest BCUT2D eigenvalue weighted by Gasteiger charge is 2.11. The Morgan fingerprint density at radius 2 is 1.59 bits per heavy atom. The maximum atomic E-state index is 13.1. The standard InChI is InChI=1S/C22H15ClN2O2/c23-19-7-3-1-5-15(19)9-14-21-24-20-8-4-2-6-18(20)22(27)25(21)16-10-12-17(26)13-11-16/h1-14,26H. The number of fused-ring (bicyclic) bond motifs is 1. The molecule has 0 aliphatic carbocycles. The summed E-state index contributed by atoms with van der Waals surface area (Å²) in [6.45, 7) is 0. The van der Waals surface area contributed by atoms with Crippen molar-refractivity contribution >= 4 is 34.7 Å². The molecule has 0 amide bonds. The van der Waals surface area contributed by atoms with Crippen LogP contribution in [-0.4, -0.2) is 14.7 Å². The lowest BCUT2D eigenvalue weighted by Crippen LogP contribution is -2.22. The van der Waals surface area contributed by atoms with Crippen LogP contribution in [0.15, 0.2) is 77.6 Å². The fraction of sp³-hybridized carbons (Fsp3) is 0. The summed E-state index contributed by atoms with van der Waals surface area (Å²) in [5, 5.41) is 10.7. The number of phenols is 1. The molecule has 0 spiro atoms. The molecular weight excluding hydrogens is 360 g/mol. The maximum absolute atomic E-state index is 13.1. The molecule has 132 valence electrons. The maximum Gasteiger partial charge on any atom is 0.266 e. The van der Waals surface area contributed by atoms with E-state index in [9.17, 15) is 9.90 Å². The van der Waals surface area contributed by atoms with Crippen LogP contribution in [0.4, 0.5) is 0 Å². The summed E-state index contributed by atoms with van der Waals surface area (Å²) >= 11 is 6.22. The first kappa shape index (κ1) is 17.1. The number of halogens is 1. The molecule has 0 unspecified atom stereocenters. The first-order valence-electron chi connectivity index (χ1n) is 8.37. The van der Waals surface area contributed by atoms with E-state index < -0.39 is 0 Å². The van der Waals surface area contributed by atoms with Gasteiger partial charge in [-0.2, -0.15) is 0 Å². The highest BCUT2D eigenvalue weighted by Crippen LogP contribution is 2.20. The van der Waals surface area contributed by atoms with E-state index in [1.807, 2.05) is 48.5 Å². The summed E-state index contributed by atoms with van der Waals surface area (Å²) < 4.78 is 1.52. The van der Waals surface area contributed by atoms with Crippen molar-refractivity contribution in [3.05, 3.63) is 99.6 Å². The molecule has 4 nitrogen and oxygen atoms in total. The Balaban J connectivity index is 1.95. The average molecular weight is 375 g/mol. The van der Waals surface area contributed by atoms with Crippen molar-refractivity contribution < 1.29 is 5.11 Å². The molecule has 0 bridgehead atoms. The molecule has 3 aromatic carbocycles. The molecule has 27 heavy (non-hydrogen) atoms. The van der Waals surface area contributed by atoms with E-state index in [1.165, 1.54) is 4.57 Å². The van der Waals surface area contributed by atoms with Crippen LogP contribution >= 0.6 is 11.6 Å². The number of hydrogen-bond acceptors (Lipinski definition) is 3. The second-order valence-electron chi connectivity index (χ2n) is 6.00. The molecule has 4 aromatic rings. The zero-order valence-corrected chi connectivity index (χ0v) is 15.0. The Bertz CT molecular complexity index is 1210. The van der Waals surface area contributed by atoms with Gasteiger partial charge < -0.3 is 5.11 Å². The lowest BCUT2D eigenvalue weighted by molar-refractivity contribution is 0.475. The van der Waals surface area contributed by atoms with E-state index in [-0.39, 0.29) is 11.3 Å². The summed E-state index contributed by atoms with van der Waals surface area (Å²) in [5.74, 6) is 0.609. The molecule has 0 fully saturated rings. The number of rotatable bonds is 3. The topological polar surface area (TPSA) is 55.1 Å². The Morgan fingerprint density at radius 3 is 2.37 bits per heavy atom. The minimum Gasteiger partial charge on any atom is -0.508 e. The molecule has 1 N–H and O–H groups in total. The molecule has 5 heteroatoms. The van der Waals surface area contributed by atoms with Gasteiger partial charge in [-0.3, -0.25) is 9.36 Å². The molecule has 1 heterocycles. The van der Waals surface area contributed by atoms with Crippen LogP contribution in [0.1, 0.15) is 11.4 Å². The molecule has 4 rings (SSSR count). The third kappa shape index (κ3) is 3.35. The summed E-state index contributed by atoms with van der Waals surface area (Å²) in [6, 6.07) is 21.1. The Morgan fingerprint density at radius 1 is 0.889 bits per heavy atom. The van der Waals surface area contributed by atoms with E-state index in [0.29, 0.717) is 27.4 Å².